The molecule has 0 unspecified atom stereocenters. The van der Waals surface area contributed by atoms with Crippen LogP contribution < -0.4 is 5.32 Å². The quantitative estimate of drug-likeness (QED) is 0.725. The highest BCUT2D eigenvalue weighted by Crippen LogP contribution is 2.04. The van der Waals surface area contributed by atoms with Crippen molar-refractivity contribution in [3.63, 3.8) is 0 Å². The average molecular weight is 212 g/mol. The second-order valence-corrected chi connectivity index (χ2v) is 2.92. The van der Waals surface area contributed by atoms with Crippen LogP contribution in [0, 0.1) is 6.92 Å². The van der Waals surface area contributed by atoms with Crippen molar-refractivity contribution in [2.45, 2.75) is 13.3 Å². The summed E-state index contributed by atoms with van der Waals surface area (Å²) >= 11 is 0. The molecule has 0 aliphatic rings. The van der Waals surface area contributed by atoms with Gasteiger partial charge in [0.1, 0.15) is 0 Å². The minimum absolute atomic E-state index is 0.134. The Morgan fingerprint density at radius 3 is 2.87 bits per heavy atom. The van der Waals surface area contributed by atoms with Gasteiger partial charge in [-0.25, -0.2) is 0 Å². The van der Waals surface area contributed by atoms with E-state index in [1.165, 1.54) is 13.3 Å². The van der Waals surface area contributed by atoms with Gasteiger partial charge in [0.15, 0.2) is 0 Å². The summed E-state index contributed by atoms with van der Waals surface area (Å²) in [5.41, 5.74) is 0.658. The zero-order valence-corrected chi connectivity index (χ0v) is 8.57. The lowest BCUT2D eigenvalue weighted by atomic mass is 10.3. The van der Waals surface area contributed by atoms with Crippen molar-refractivity contribution < 1.29 is 18.8 Å². The summed E-state index contributed by atoms with van der Waals surface area (Å²) < 4.78 is 9.15. The number of esters is 1. The van der Waals surface area contributed by atoms with E-state index in [9.17, 15) is 9.59 Å². The van der Waals surface area contributed by atoms with Gasteiger partial charge in [-0.3, -0.25) is 9.59 Å². The van der Waals surface area contributed by atoms with Crippen LogP contribution in [0.15, 0.2) is 10.7 Å². The molecule has 0 saturated heterocycles. The molecule has 0 bridgehead atoms. The molecule has 0 aromatic carbocycles. The van der Waals surface area contributed by atoms with Crippen LogP contribution in [-0.4, -0.2) is 30.7 Å². The van der Waals surface area contributed by atoms with Crippen LogP contribution in [0.25, 0.3) is 0 Å². The Labute approximate surface area is 86.6 Å². The van der Waals surface area contributed by atoms with Gasteiger partial charge in [0, 0.05) is 12.1 Å². The van der Waals surface area contributed by atoms with Crippen LogP contribution >= 0.6 is 0 Å². The second-order valence-electron chi connectivity index (χ2n) is 2.92. The Hall–Kier alpha value is -1.85. The van der Waals surface area contributed by atoms with Crippen molar-refractivity contribution in [2.24, 2.45) is 0 Å². The average Bonchev–Trinajstić information content (AvgIpc) is 2.64. The number of carbonyl (C=O) groups is 2. The molecule has 15 heavy (non-hydrogen) atoms. The Morgan fingerprint density at radius 2 is 2.33 bits per heavy atom. The number of nitrogens with one attached hydrogen (secondary N) is 1. The molecule has 1 N–H and O–H groups in total. The predicted molar refractivity (Wildman–Crippen MR) is 50.2 cm³/mol. The standard InChI is InChI=1S/C9H12N2O4/c1-6-5-11-15-8(6)9(13)10-4-3-7(12)14-2/h5H,3-4H2,1-2H3,(H,10,13). The van der Waals surface area contributed by atoms with E-state index >= 15 is 0 Å². The topological polar surface area (TPSA) is 81.4 Å². The number of amides is 1. The Morgan fingerprint density at radius 1 is 1.60 bits per heavy atom. The number of methoxy groups -OCH3 is 1. The molecule has 0 spiro atoms. The molecule has 6 heteroatoms. The largest absolute Gasteiger partial charge is 0.469 e. The van der Waals surface area contributed by atoms with E-state index in [1.807, 2.05) is 0 Å². The summed E-state index contributed by atoms with van der Waals surface area (Å²) in [6, 6.07) is 0. The third-order valence-corrected chi connectivity index (χ3v) is 1.80. The minimum Gasteiger partial charge on any atom is -0.469 e. The van der Waals surface area contributed by atoms with Crippen molar-refractivity contribution in [1.29, 1.82) is 0 Å². The Balaban J connectivity index is 2.38. The maximum absolute atomic E-state index is 11.4. The molecule has 6 nitrogen and oxygen atoms in total. The van der Waals surface area contributed by atoms with E-state index in [-0.39, 0.29) is 30.6 Å². The first-order chi connectivity index (χ1) is 7.15. The van der Waals surface area contributed by atoms with Crippen molar-refractivity contribution in [3.8, 4) is 0 Å². The van der Waals surface area contributed by atoms with Crippen LogP contribution in [-0.2, 0) is 9.53 Å². The van der Waals surface area contributed by atoms with Gasteiger partial charge in [-0.15, -0.1) is 0 Å². The van der Waals surface area contributed by atoms with E-state index in [4.69, 9.17) is 4.52 Å². The summed E-state index contributed by atoms with van der Waals surface area (Å²) in [4.78, 5) is 22.1. The van der Waals surface area contributed by atoms with Crippen LogP contribution in [0.4, 0.5) is 0 Å². The predicted octanol–water partition coefficient (Wildman–Crippen LogP) is 0.276. The van der Waals surface area contributed by atoms with Crippen molar-refractivity contribution in [3.05, 3.63) is 17.5 Å². The number of aromatic nitrogens is 1. The zero-order valence-electron chi connectivity index (χ0n) is 8.57. The normalized spacial score (nSPS) is 9.73. The van der Waals surface area contributed by atoms with Gasteiger partial charge in [-0.1, -0.05) is 5.16 Å². The van der Waals surface area contributed by atoms with E-state index in [0.29, 0.717) is 5.56 Å². The summed E-state index contributed by atoms with van der Waals surface area (Å²) in [6.45, 7) is 1.93. The van der Waals surface area contributed by atoms with Gasteiger partial charge in [0.05, 0.1) is 19.7 Å². The highest BCUT2D eigenvalue weighted by molar-refractivity contribution is 5.92. The van der Waals surface area contributed by atoms with E-state index < -0.39 is 0 Å². The molecule has 1 aromatic heterocycles. The van der Waals surface area contributed by atoms with Gasteiger partial charge in [-0.2, -0.15) is 0 Å². The number of nitrogens with zero attached hydrogens (tertiary/aromatic N) is 1. The lowest BCUT2D eigenvalue weighted by Gasteiger charge is -2.01. The van der Waals surface area contributed by atoms with E-state index in [2.05, 4.69) is 15.2 Å². The van der Waals surface area contributed by atoms with Crippen LogP contribution in [0.1, 0.15) is 22.5 Å². The van der Waals surface area contributed by atoms with E-state index in [0.717, 1.165) is 0 Å². The van der Waals surface area contributed by atoms with Crippen molar-refractivity contribution in [2.75, 3.05) is 13.7 Å². The fourth-order valence-electron chi connectivity index (χ4n) is 0.970. The van der Waals surface area contributed by atoms with Gasteiger partial charge in [-0.05, 0) is 6.92 Å². The molecule has 0 aliphatic carbocycles. The molecule has 1 heterocycles. The smallest absolute Gasteiger partial charge is 0.307 e. The van der Waals surface area contributed by atoms with E-state index in [1.54, 1.807) is 6.92 Å². The molecule has 1 rings (SSSR count). The molecule has 82 valence electrons. The highest BCUT2D eigenvalue weighted by Gasteiger charge is 2.13. The van der Waals surface area contributed by atoms with Gasteiger partial charge < -0.3 is 14.6 Å². The molecule has 0 aliphatic heterocycles. The number of carbonyl (C=O) groups excluding carboxylic acids is 2. The maximum atomic E-state index is 11.4. The first kappa shape index (κ1) is 11.2. The summed E-state index contributed by atoms with van der Waals surface area (Å²) in [7, 11) is 1.30. The Kier molecular flexibility index (Phi) is 3.84. The molecule has 0 atom stereocenters. The van der Waals surface area contributed by atoms with Crippen molar-refractivity contribution >= 4 is 11.9 Å². The van der Waals surface area contributed by atoms with Crippen LogP contribution in [0.5, 0.6) is 0 Å². The SMILES string of the molecule is COC(=O)CCNC(=O)c1oncc1C. The van der Waals surface area contributed by atoms with Crippen molar-refractivity contribution in [1.82, 2.24) is 10.5 Å². The number of hydrogen-bond acceptors (Lipinski definition) is 5. The first-order valence-electron chi connectivity index (χ1n) is 4.41. The molecule has 1 amide bonds. The Bertz CT molecular complexity index is 359. The fourth-order valence-corrected chi connectivity index (χ4v) is 0.970. The number of ether oxygens (including phenoxy) is 1. The molecular weight excluding hydrogens is 200 g/mol. The first-order valence-corrected chi connectivity index (χ1v) is 4.41. The third-order valence-electron chi connectivity index (χ3n) is 1.80. The fraction of sp³-hybridized carbons (Fsp3) is 0.444. The van der Waals surface area contributed by atoms with Gasteiger partial charge in [0.25, 0.3) is 5.91 Å². The third kappa shape index (κ3) is 3.08. The monoisotopic (exact) mass is 212 g/mol. The number of hydrogen-bond donors (Lipinski definition) is 1. The molecule has 0 saturated carbocycles. The van der Waals surface area contributed by atoms with Crippen LogP contribution in [0.2, 0.25) is 0 Å². The minimum atomic E-state index is -0.381. The molecule has 0 fully saturated rings. The highest BCUT2D eigenvalue weighted by atomic mass is 16.5. The summed E-state index contributed by atoms with van der Waals surface area (Å²) in [5, 5.41) is 5.99. The molecule has 0 radical (unpaired) electrons. The maximum Gasteiger partial charge on any atom is 0.307 e. The van der Waals surface area contributed by atoms with Crippen LogP contribution in [0.3, 0.4) is 0 Å². The second kappa shape index (κ2) is 5.14. The van der Waals surface area contributed by atoms with Gasteiger partial charge in [0.2, 0.25) is 5.76 Å². The lowest BCUT2D eigenvalue weighted by Crippen LogP contribution is -2.26. The molecular formula is C9H12N2O4. The summed E-state index contributed by atoms with van der Waals surface area (Å²) in [6.07, 6.45) is 1.59. The zero-order chi connectivity index (χ0) is 11.3. The number of aryl methyl sites for hydroxylation is 1. The molecule has 1 aromatic rings. The van der Waals surface area contributed by atoms with Gasteiger partial charge >= 0.3 is 5.97 Å². The lowest BCUT2D eigenvalue weighted by molar-refractivity contribution is -0.140. The number of rotatable bonds is 4. The summed E-state index contributed by atoms with van der Waals surface area (Å²) in [5.74, 6) is -0.585.